The van der Waals surface area contributed by atoms with Crippen molar-refractivity contribution in [2.24, 2.45) is 0 Å². The maximum atomic E-state index is 11.7. The third-order valence-electron chi connectivity index (χ3n) is 2.15. The maximum absolute atomic E-state index is 11.7. The zero-order valence-corrected chi connectivity index (χ0v) is 9.65. The predicted octanol–water partition coefficient (Wildman–Crippen LogP) is 1.27. The van der Waals surface area contributed by atoms with Gasteiger partial charge in [-0.15, -0.1) is 5.10 Å². The van der Waals surface area contributed by atoms with E-state index in [4.69, 9.17) is 13.5 Å². The average molecular weight is 261 g/mol. The fourth-order valence-electron chi connectivity index (χ4n) is 1.33. The molecule has 19 heavy (non-hydrogen) atoms. The van der Waals surface area contributed by atoms with E-state index in [1.54, 1.807) is 13.0 Å². The molecule has 0 aromatic carbocycles. The van der Waals surface area contributed by atoms with Crippen molar-refractivity contribution in [2.75, 3.05) is 5.32 Å². The molecule has 0 aliphatic heterocycles. The molecule has 0 bridgehead atoms. The Morgan fingerprint density at radius 3 is 2.89 bits per heavy atom. The molecule has 3 rings (SSSR count). The summed E-state index contributed by atoms with van der Waals surface area (Å²) in [6.45, 7) is 1.68. The lowest BCUT2D eigenvalue weighted by atomic mass is 10.3. The largest absolute Gasteiger partial charge is 0.400 e. The summed E-state index contributed by atoms with van der Waals surface area (Å²) in [5.74, 6) is 0.442. The van der Waals surface area contributed by atoms with Crippen LogP contribution in [-0.2, 0) is 0 Å². The molecule has 96 valence electrons. The molecule has 3 heterocycles. The highest BCUT2D eigenvalue weighted by atomic mass is 16.5. The Kier molecular flexibility index (Phi) is 2.56. The molecule has 0 radical (unpaired) electrons. The van der Waals surface area contributed by atoms with Gasteiger partial charge in [-0.1, -0.05) is 15.4 Å². The van der Waals surface area contributed by atoms with Gasteiger partial charge in [-0.25, -0.2) is 0 Å². The van der Waals surface area contributed by atoms with Crippen LogP contribution in [0.2, 0.25) is 0 Å². The summed E-state index contributed by atoms with van der Waals surface area (Å²) >= 11 is 0. The molecule has 9 nitrogen and oxygen atoms in total. The number of aryl methyl sites for hydroxylation is 1. The Hall–Kier alpha value is -2.97. The van der Waals surface area contributed by atoms with Gasteiger partial charge in [0.1, 0.15) is 5.76 Å². The van der Waals surface area contributed by atoms with Crippen molar-refractivity contribution in [1.82, 2.24) is 20.5 Å². The van der Waals surface area contributed by atoms with Gasteiger partial charge in [0, 0.05) is 12.1 Å². The van der Waals surface area contributed by atoms with Gasteiger partial charge < -0.3 is 13.5 Å². The van der Waals surface area contributed by atoms with Crippen molar-refractivity contribution >= 4 is 11.9 Å². The molecule has 0 aliphatic rings. The second kappa shape index (κ2) is 4.37. The summed E-state index contributed by atoms with van der Waals surface area (Å²) < 4.78 is 14.8. The molecular formula is C10H7N5O4. The third kappa shape index (κ3) is 2.20. The number of nitrogens with zero attached hydrogens (tertiary/aromatic N) is 4. The highest BCUT2D eigenvalue weighted by molar-refractivity contribution is 6.01. The van der Waals surface area contributed by atoms with E-state index in [0.717, 1.165) is 0 Å². The molecule has 0 fully saturated rings. The van der Waals surface area contributed by atoms with Gasteiger partial charge in [0.05, 0.1) is 6.20 Å². The first kappa shape index (κ1) is 11.1. The van der Waals surface area contributed by atoms with Crippen molar-refractivity contribution in [3.63, 3.8) is 0 Å². The van der Waals surface area contributed by atoms with Crippen LogP contribution in [0.1, 0.15) is 16.2 Å². The lowest BCUT2D eigenvalue weighted by Gasteiger charge is -1.93. The first-order chi connectivity index (χ1) is 9.22. The van der Waals surface area contributed by atoms with Crippen LogP contribution in [0.15, 0.2) is 31.8 Å². The van der Waals surface area contributed by atoms with Crippen LogP contribution < -0.4 is 5.32 Å². The van der Waals surface area contributed by atoms with Gasteiger partial charge >= 0.3 is 6.01 Å². The normalized spacial score (nSPS) is 10.6. The fourth-order valence-corrected chi connectivity index (χ4v) is 1.33. The molecule has 0 atom stereocenters. The van der Waals surface area contributed by atoms with Crippen LogP contribution in [0.4, 0.5) is 6.01 Å². The quantitative estimate of drug-likeness (QED) is 0.748. The highest BCUT2D eigenvalue weighted by Gasteiger charge is 2.16. The second-order valence-corrected chi connectivity index (χ2v) is 3.57. The van der Waals surface area contributed by atoms with Crippen molar-refractivity contribution in [1.29, 1.82) is 0 Å². The van der Waals surface area contributed by atoms with E-state index in [0.29, 0.717) is 11.5 Å². The predicted molar refractivity (Wildman–Crippen MR) is 59.0 cm³/mol. The maximum Gasteiger partial charge on any atom is 0.322 e. The van der Waals surface area contributed by atoms with Crippen LogP contribution in [-0.4, -0.2) is 26.4 Å². The smallest absolute Gasteiger partial charge is 0.322 e. The lowest BCUT2D eigenvalue weighted by molar-refractivity contribution is 0.101. The van der Waals surface area contributed by atoms with Gasteiger partial charge in [0.15, 0.2) is 5.69 Å². The number of carbonyl (C=O) groups excluding carboxylic acids is 1. The number of nitrogens with one attached hydrogen (secondary N) is 1. The van der Waals surface area contributed by atoms with Crippen LogP contribution in [0.5, 0.6) is 0 Å². The molecule has 0 saturated heterocycles. The summed E-state index contributed by atoms with van der Waals surface area (Å²) in [6, 6.07) is 2.97. The van der Waals surface area contributed by atoms with E-state index in [-0.39, 0.29) is 17.6 Å². The van der Waals surface area contributed by atoms with Crippen LogP contribution in [0, 0.1) is 6.92 Å². The summed E-state index contributed by atoms with van der Waals surface area (Å²) in [6.07, 6.45) is 1.44. The van der Waals surface area contributed by atoms with E-state index >= 15 is 0 Å². The van der Waals surface area contributed by atoms with E-state index < -0.39 is 5.91 Å². The SMILES string of the molecule is Cc1cc(C(=O)Nc2nnc(-c3ccno3)o2)no1. The zero-order valence-electron chi connectivity index (χ0n) is 9.65. The number of rotatable bonds is 3. The summed E-state index contributed by atoms with van der Waals surface area (Å²) in [5, 5.41) is 16.8. The molecule has 9 heteroatoms. The number of hydrogen-bond donors (Lipinski definition) is 1. The lowest BCUT2D eigenvalue weighted by Crippen LogP contribution is -2.12. The van der Waals surface area contributed by atoms with Crippen LogP contribution in [0.25, 0.3) is 11.7 Å². The molecule has 1 N–H and O–H groups in total. The molecule has 0 spiro atoms. The van der Waals surface area contributed by atoms with E-state index in [2.05, 4.69) is 25.8 Å². The number of anilines is 1. The zero-order chi connectivity index (χ0) is 13.2. The second-order valence-electron chi connectivity index (χ2n) is 3.57. The van der Waals surface area contributed by atoms with E-state index in [1.807, 2.05) is 0 Å². The van der Waals surface area contributed by atoms with E-state index in [9.17, 15) is 4.79 Å². The Morgan fingerprint density at radius 1 is 1.32 bits per heavy atom. The van der Waals surface area contributed by atoms with Gasteiger partial charge in [-0.2, -0.15) is 0 Å². The molecule has 1 amide bonds. The number of amides is 1. The number of aromatic nitrogens is 4. The van der Waals surface area contributed by atoms with Crippen molar-refractivity contribution < 1.29 is 18.3 Å². The topological polar surface area (TPSA) is 120 Å². The summed E-state index contributed by atoms with van der Waals surface area (Å²) in [5.41, 5.74) is 0.122. The molecule has 0 saturated carbocycles. The average Bonchev–Trinajstić information content (AvgIpc) is 3.07. The Balaban J connectivity index is 1.76. The Labute approximate surface area is 105 Å². The fraction of sp³-hybridized carbons (Fsp3) is 0.100. The first-order valence-corrected chi connectivity index (χ1v) is 5.21. The number of carbonyl (C=O) groups is 1. The van der Waals surface area contributed by atoms with Gasteiger partial charge in [-0.3, -0.25) is 10.1 Å². The van der Waals surface area contributed by atoms with Gasteiger partial charge in [0.2, 0.25) is 5.76 Å². The molecule has 0 unspecified atom stereocenters. The minimum absolute atomic E-state index is 0.0722. The van der Waals surface area contributed by atoms with E-state index in [1.165, 1.54) is 12.3 Å². The molecular weight excluding hydrogens is 254 g/mol. The third-order valence-corrected chi connectivity index (χ3v) is 2.15. The number of hydrogen-bond acceptors (Lipinski definition) is 8. The monoisotopic (exact) mass is 261 g/mol. The summed E-state index contributed by atoms with van der Waals surface area (Å²) in [4.78, 5) is 11.7. The molecule has 0 aliphatic carbocycles. The van der Waals surface area contributed by atoms with Crippen LogP contribution in [0.3, 0.4) is 0 Å². The van der Waals surface area contributed by atoms with Gasteiger partial charge in [-0.05, 0) is 6.92 Å². The summed E-state index contributed by atoms with van der Waals surface area (Å²) in [7, 11) is 0. The Bertz CT molecular complexity index is 699. The minimum Gasteiger partial charge on any atom is -0.400 e. The Morgan fingerprint density at radius 2 is 2.21 bits per heavy atom. The highest BCUT2D eigenvalue weighted by Crippen LogP contribution is 2.19. The van der Waals surface area contributed by atoms with Gasteiger partial charge in [0.25, 0.3) is 11.8 Å². The van der Waals surface area contributed by atoms with Crippen molar-refractivity contribution in [3.8, 4) is 11.7 Å². The molecule has 3 aromatic rings. The first-order valence-electron chi connectivity index (χ1n) is 5.21. The standard InChI is InChI=1S/C10H7N5O4/c1-5-4-6(15-18-5)8(16)12-10-14-13-9(17-10)7-2-3-11-19-7/h2-4H,1H3,(H,12,14,16). The molecule has 3 aromatic heterocycles. The minimum atomic E-state index is -0.510. The van der Waals surface area contributed by atoms with Crippen molar-refractivity contribution in [2.45, 2.75) is 6.92 Å². The van der Waals surface area contributed by atoms with Crippen LogP contribution >= 0.6 is 0 Å². The van der Waals surface area contributed by atoms with Crippen molar-refractivity contribution in [3.05, 3.63) is 29.8 Å².